The Kier molecular flexibility index (Phi) is 12.1. The van der Waals surface area contributed by atoms with Gasteiger partial charge in [-0.3, -0.25) is 34.2 Å². The molecule has 0 saturated carbocycles. The SMILES string of the molecule is O=C(O)CN1CCN2CCN(CC(=O)O)CCN(CC1)Cc1cccc(n1)-c1cnnn1Cc1cc(C(F)(F)F)cc(n1)C2.[Y]. The number of carboxylic acid groups (broad SMARTS) is 2. The number of fused-ring (bicyclic) bond motifs is 8. The fourth-order valence-corrected chi connectivity index (χ4v) is 5.46. The van der Waals surface area contributed by atoms with E-state index < -0.39 is 23.7 Å². The number of carbonyl (C=O) groups is 2. The molecule has 3 aromatic heterocycles. The number of hydrogen-bond donors (Lipinski definition) is 2. The van der Waals surface area contributed by atoms with Gasteiger partial charge >= 0.3 is 18.1 Å². The summed E-state index contributed by atoms with van der Waals surface area (Å²) in [6.07, 6.45) is -3.11. The Balaban J connectivity index is 0.00000461. The van der Waals surface area contributed by atoms with Crippen molar-refractivity contribution in [3.63, 3.8) is 0 Å². The monoisotopic (exact) mass is 706 g/mol. The van der Waals surface area contributed by atoms with E-state index in [-0.39, 0.29) is 70.3 Å². The molecule has 45 heavy (non-hydrogen) atoms. The van der Waals surface area contributed by atoms with E-state index in [1.807, 2.05) is 17.0 Å². The van der Waals surface area contributed by atoms with Gasteiger partial charge in [-0.25, -0.2) is 9.67 Å². The molecule has 6 heterocycles. The van der Waals surface area contributed by atoms with E-state index >= 15 is 0 Å². The Morgan fingerprint density at radius 1 is 0.756 bits per heavy atom. The van der Waals surface area contributed by atoms with Gasteiger partial charge in [0.1, 0.15) is 5.69 Å². The molecule has 17 heteroatoms. The van der Waals surface area contributed by atoms with Gasteiger partial charge in [-0.15, -0.1) is 5.10 Å². The third-order valence-corrected chi connectivity index (χ3v) is 7.68. The maximum absolute atomic E-state index is 14.0. The molecule has 0 spiro atoms. The Bertz CT molecular complexity index is 1440. The van der Waals surface area contributed by atoms with Crippen LogP contribution >= 0.6 is 0 Å². The van der Waals surface area contributed by atoms with E-state index in [9.17, 15) is 33.0 Å². The van der Waals surface area contributed by atoms with E-state index in [0.717, 1.165) is 12.1 Å². The fourth-order valence-electron chi connectivity index (χ4n) is 5.46. The Morgan fingerprint density at radius 3 is 1.82 bits per heavy atom. The molecular weight excluding hydrogens is 672 g/mol. The summed E-state index contributed by atoms with van der Waals surface area (Å²) in [4.78, 5) is 40.4. The van der Waals surface area contributed by atoms with Crippen LogP contribution in [0, 0.1) is 0 Å². The zero-order chi connectivity index (χ0) is 31.3. The van der Waals surface area contributed by atoms with Crippen molar-refractivity contribution in [1.29, 1.82) is 0 Å². The van der Waals surface area contributed by atoms with Crippen molar-refractivity contribution >= 4 is 11.9 Å². The van der Waals surface area contributed by atoms with E-state index in [1.165, 1.54) is 10.9 Å². The fraction of sp³-hybridized carbons (Fsp3) is 0.500. The van der Waals surface area contributed by atoms with Crippen molar-refractivity contribution in [3.05, 3.63) is 59.2 Å². The predicted molar refractivity (Wildman–Crippen MR) is 150 cm³/mol. The molecule has 6 rings (SSSR count). The molecule has 0 aliphatic carbocycles. The van der Waals surface area contributed by atoms with Crippen molar-refractivity contribution in [2.45, 2.75) is 25.8 Å². The number of hydrogen-bond acceptors (Lipinski definition) is 10. The van der Waals surface area contributed by atoms with Gasteiger partial charge < -0.3 is 10.2 Å². The molecule has 239 valence electrons. The second-order valence-corrected chi connectivity index (χ2v) is 11.0. The van der Waals surface area contributed by atoms with E-state index in [0.29, 0.717) is 76.0 Å². The van der Waals surface area contributed by atoms with Gasteiger partial charge in [-0.1, -0.05) is 11.3 Å². The van der Waals surface area contributed by atoms with Gasteiger partial charge in [-0.2, -0.15) is 13.2 Å². The number of aliphatic carboxylic acids is 2. The van der Waals surface area contributed by atoms with Gasteiger partial charge in [0, 0.05) is 98.2 Å². The second kappa shape index (κ2) is 15.6. The first-order chi connectivity index (χ1) is 21.0. The van der Waals surface area contributed by atoms with E-state index in [4.69, 9.17) is 4.98 Å². The van der Waals surface area contributed by atoms with Crippen LogP contribution in [0.15, 0.2) is 36.5 Å². The number of pyridine rings is 2. The van der Waals surface area contributed by atoms with Crippen molar-refractivity contribution in [1.82, 2.24) is 44.6 Å². The molecule has 6 bridgehead atoms. The predicted octanol–water partition coefficient (Wildman–Crippen LogP) is 1.20. The average molecular weight is 707 g/mol. The number of alkyl halides is 3. The Morgan fingerprint density at radius 2 is 1.29 bits per heavy atom. The Hall–Kier alpha value is -2.89. The summed E-state index contributed by atoms with van der Waals surface area (Å²) in [6.45, 7) is 3.24. The van der Waals surface area contributed by atoms with Gasteiger partial charge in [0.05, 0.1) is 54.2 Å². The normalized spacial score (nSPS) is 20.4. The molecule has 2 N–H and O–H groups in total. The molecule has 0 atom stereocenters. The third kappa shape index (κ3) is 10.0. The first-order valence-electron chi connectivity index (χ1n) is 14.3. The van der Waals surface area contributed by atoms with Crippen molar-refractivity contribution in [2.75, 3.05) is 65.4 Å². The largest absolute Gasteiger partial charge is 0.480 e. The van der Waals surface area contributed by atoms with Crippen LogP contribution in [0.3, 0.4) is 0 Å². The van der Waals surface area contributed by atoms with Crippen LogP contribution in [-0.4, -0.2) is 132 Å². The third-order valence-electron chi connectivity index (χ3n) is 7.68. The van der Waals surface area contributed by atoms with Crippen molar-refractivity contribution in [2.24, 2.45) is 0 Å². The summed E-state index contributed by atoms with van der Waals surface area (Å²) < 4.78 is 43.6. The van der Waals surface area contributed by atoms with Gasteiger partial charge in [-0.05, 0) is 24.3 Å². The maximum atomic E-state index is 14.0. The zero-order valence-electron chi connectivity index (χ0n) is 24.6. The number of rotatable bonds is 4. The summed E-state index contributed by atoms with van der Waals surface area (Å²) in [7, 11) is 0. The smallest absolute Gasteiger partial charge is 0.416 e. The van der Waals surface area contributed by atoms with Crippen molar-refractivity contribution in [3.8, 4) is 11.4 Å². The summed E-state index contributed by atoms with van der Waals surface area (Å²) in [5.41, 5.74) is 1.25. The number of carboxylic acids is 2. The van der Waals surface area contributed by atoms with Gasteiger partial charge in [0.15, 0.2) is 0 Å². The van der Waals surface area contributed by atoms with Gasteiger partial charge in [0.25, 0.3) is 0 Å². The van der Waals surface area contributed by atoms with Crippen LogP contribution < -0.4 is 0 Å². The second-order valence-electron chi connectivity index (χ2n) is 11.0. The summed E-state index contributed by atoms with van der Waals surface area (Å²) in [5, 5.41) is 27.2. The molecule has 0 amide bonds. The molecule has 3 aromatic rings. The minimum atomic E-state index is -4.62. The first kappa shape index (κ1) is 35.0. The molecule has 1 saturated heterocycles. The number of aromatic nitrogens is 5. The average Bonchev–Trinajstić information content (AvgIpc) is 3.41. The summed E-state index contributed by atoms with van der Waals surface area (Å²) in [5.74, 6) is -1.96. The zero-order valence-corrected chi connectivity index (χ0v) is 27.4. The minimum absolute atomic E-state index is 0. The molecular formula is C28H34F3N9O4Y. The van der Waals surface area contributed by atoms with Crippen LogP contribution in [0.2, 0.25) is 0 Å². The van der Waals surface area contributed by atoms with Crippen LogP contribution in [0.4, 0.5) is 13.2 Å². The van der Waals surface area contributed by atoms with Crippen LogP contribution in [0.25, 0.3) is 11.4 Å². The summed E-state index contributed by atoms with van der Waals surface area (Å²) in [6, 6.07) is 7.47. The van der Waals surface area contributed by atoms with Crippen LogP contribution in [0.1, 0.15) is 22.6 Å². The van der Waals surface area contributed by atoms with Gasteiger partial charge in [0.2, 0.25) is 0 Å². The first-order valence-corrected chi connectivity index (χ1v) is 14.3. The topological polar surface area (TPSA) is 144 Å². The molecule has 0 aromatic carbocycles. The standard InChI is InChI=1S/C28H34F3N9O4.Y/c29-28(30,31)20-12-22-16-37-6-10-38(18-26(41)42)8-4-36(5-9-39(11-7-37)19-27(43)44)15-21-2-1-3-24(34-21)25-14-32-35-40(25)17-23(13-20)33-22;/h1-3,12-14H,4-11,15-19H2,(H,41,42)(H,43,44);. The molecule has 0 unspecified atom stereocenters. The van der Waals surface area contributed by atoms with Crippen LogP contribution in [0.5, 0.6) is 0 Å². The number of halogens is 3. The maximum Gasteiger partial charge on any atom is 0.416 e. The Labute approximate surface area is 282 Å². The summed E-state index contributed by atoms with van der Waals surface area (Å²) >= 11 is 0. The molecule has 3 aliphatic heterocycles. The van der Waals surface area contributed by atoms with Crippen molar-refractivity contribution < 1.29 is 65.7 Å². The van der Waals surface area contributed by atoms with E-state index in [2.05, 4.69) is 20.2 Å². The van der Waals surface area contributed by atoms with E-state index in [1.54, 1.807) is 15.9 Å². The number of nitrogens with zero attached hydrogens (tertiary/aromatic N) is 9. The molecule has 1 radical (unpaired) electrons. The molecule has 1 fully saturated rings. The molecule has 13 nitrogen and oxygen atoms in total. The quantitative estimate of drug-likeness (QED) is 0.403. The molecule has 3 aliphatic rings. The van der Waals surface area contributed by atoms with Crippen LogP contribution in [-0.2, 0) is 68.1 Å². The minimum Gasteiger partial charge on any atom is -0.480 e.